The molecule has 0 unspecified atom stereocenters. The van der Waals surface area contributed by atoms with E-state index in [1.807, 2.05) is 30.3 Å². The lowest BCUT2D eigenvalue weighted by molar-refractivity contribution is -0.122. The molecule has 0 aromatic heterocycles. The van der Waals surface area contributed by atoms with Crippen LogP contribution in [-0.2, 0) is 9.59 Å². The Labute approximate surface area is 188 Å². The summed E-state index contributed by atoms with van der Waals surface area (Å²) >= 11 is 11.2. The highest BCUT2D eigenvalue weighted by Crippen LogP contribution is 2.28. The molecule has 1 saturated heterocycles. The SMILES string of the molecule is Nc1ccc(Cl)cc1C=C1C(=O)NC(=S)N(c2ccc(Oc3ccccc3)cc2)C1=O. The van der Waals surface area contributed by atoms with Gasteiger partial charge in [0.25, 0.3) is 11.8 Å². The normalized spacial score (nSPS) is 15.2. The number of amides is 2. The number of carbonyl (C=O) groups is 2. The molecule has 31 heavy (non-hydrogen) atoms. The number of para-hydroxylation sites is 1. The summed E-state index contributed by atoms with van der Waals surface area (Å²) in [6.07, 6.45) is 1.40. The lowest BCUT2D eigenvalue weighted by Gasteiger charge is -2.29. The van der Waals surface area contributed by atoms with Crippen molar-refractivity contribution in [3.8, 4) is 11.5 Å². The van der Waals surface area contributed by atoms with Crippen molar-refractivity contribution in [3.63, 3.8) is 0 Å². The first-order valence-corrected chi connectivity index (χ1v) is 10.0. The molecule has 2 amide bonds. The molecule has 1 heterocycles. The van der Waals surface area contributed by atoms with Crippen molar-refractivity contribution in [1.29, 1.82) is 0 Å². The van der Waals surface area contributed by atoms with Crippen molar-refractivity contribution in [1.82, 2.24) is 5.32 Å². The van der Waals surface area contributed by atoms with E-state index in [2.05, 4.69) is 5.32 Å². The Bertz CT molecular complexity index is 1210. The molecule has 3 aromatic carbocycles. The van der Waals surface area contributed by atoms with Crippen LogP contribution in [0.25, 0.3) is 6.08 Å². The largest absolute Gasteiger partial charge is 0.457 e. The number of thiocarbonyl (C=S) groups is 1. The van der Waals surface area contributed by atoms with Gasteiger partial charge in [-0.25, -0.2) is 0 Å². The van der Waals surface area contributed by atoms with E-state index in [0.29, 0.717) is 33.5 Å². The Morgan fingerprint density at radius 2 is 1.65 bits per heavy atom. The van der Waals surface area contributed by atoms with Gasteiger partial charge in [-0.1, -0.05) is 29.8 Å². The molecule has 1 fully saturated rings. The van der Waals surface area contributed by atoms with Crippen molar-refractivity contribution in [2.24, 2.45) is 0 Å². The Morgan fingerprint density at radius 1 is 0.968 bits per heavy atom. The number of nitrogens with one attached hydrogen (secondary N) is 1. The molecule has 3 aromatic rings. The minimum Gasteiger partial charge on any atom is -0.457 e. The summed E-state index contributed by atoms with van der Waals surface area (Å²) in [5.41, 5.74) is 7.18. The topological polar surface area (TPSA) is 84.7 Å². The summed E-state index contributed by atoms with van der Waals surface area (Å²) in [7, 11) is 0. The van der Waals surface area contributed by atoms with Crippen molar-refractivity contribution >= 4 is 58.2 Å². The van der Waals surface area contributed by atoms with Crippen LogP contribution in [0, 0.1) is 0 Å². The fourth-order valence-corrected chi connectivity index (χ4v) is 3.47. The summed E-state index contributed by atoms with van der Waals surface area (Å²) in [5.74, 6) is 0.118. The maximum absolute atomic E-state index is 13.1. The third-order valence-corrected chi connectivity index (χ3v) is 5.04. The highest BCUT2D eigenvalue weighted by atomic mass is 35.5. The first-order chi connectivity index (χ1) is 14.9. The molecule has 0 bridgehead atoms. The van der Waals surface area contributed by atoms with Gasteiger partial charge in [0.2, 0.25) is 0 Å². The number of halogens is 1. The predicted molar refractivity (Wildman–Crippen MR) is 125 cm³/mol. The lowest BCUT2D eigenvalue weighted by atomic mass is 10.1. The van der Waals surface area contributed by atoms with Crippen LogP contribution in [-0.4, -0.2) is 16.9 Å². The number of ether oxygens (including phenoxy) is 1. The van der Waals surface area contributed by atoms with Crippen LogP contribution in [0.4, 0.5) is 11.4 Å². The maximum Gasteiger partial charge on any atom is 0.270 e. The van der Waals surface area contributed by atoms with Gasteiger partial charge in [0.05, 0.1) is 5.69 Å². The lowest BCUT2D eigenvalue weighted by Crippen LogP contribution is -2.54. The molecule has 8 heteroatoms. The van der Waals surface area contributed by atoms with E-state index < -0.39 is 11.8 Å². The van der Waals surface area contributed by atoms with Gasteiger partial charge in [-0.15, -0.1) is 0 Å². The van der Waals surface area contributed by atoms with E-state index >= 15 is 0 Å². The zero-order valence-electron chi connectivity index (χ0n) is 16.0. The molecule has 6 nitrogen and oxygen atoms in total. The van der Waals surface area contributed by atoms with Crippen LogP contribution >= 0.6 is 23.8 Å². The second-order valence-corrected chi connectivity index (χ2v) is 7.46. The molecule has 0 atom stereocenters. The fourth-order valence-electron chi connectivity index (χ4n) is 3.01. The van der Waals surface area contributed by atoms with Crippen molar-refractivity contribution < 1.29 is 14.3 Å². The average molecular weight is 450 g/mol. The molecule has 154 valence electrons. The summed E-state index contributed by atoms with van der Waals surface area (Å²) < 4.78 is 5.77. The van der Waals surface area contributed by atoms with Crippen molar-refractivity contribution in [3.05, 3.63) is 89.0 Å². The number of hydrogen-bond donors (Lipinski definition) is 2. The molecule has 0 spiro atoms. The fraction of sp³-hybridized carbons (Fsp3) is 0. The molecule has 1 aliphatic rings. The molecular weight excluding hydrogens is 434 g/mol. The Hall–Kier alpha value is -3.68. The number of nitrogens with zero attached hydrogens (tertiary/aromatic N) is 1. The highest BCUT2D eigenvalue weighted by molar-refractivity contribution is 7.80. The summed E-state index contributed by atoms with van der Waals surface area (Å²) in [6, 6.07) is 20.9. The van der Waals surface area contributed by atoms with Crippen LogP contribution in [0.15, 0.2) is 78.4 Å². The van der Waals surface area contributed by atoms with Crippen LogP contribution in [0.2, 0.25) is 5.02 Å². The number of carbonyl (C=O) groups excluding carboxylic acids is 2. The minimum absolute atomic E-state index is 0.0112. The summed E-state index contributed by atoms with van der Waals surface area (Å²) in [6.45, 7) is 0. The molecule has 0 radical (unpaired) electrons. The second kappa shape index (κ2) is 8.59. The highest BCUT2D eigenvalue weighted by Gasteiger charge is 2.34. The number of benzene rings is 3. The van der Waals surface area contributed by atoms with E-state index in [4.69, 9.17) is 34.3 Å². The standard InChI is InChI=1S/C23H16ClN3O3S/c24-15-6-11-20(25)14(12-15)13-19-21(28)26-23(31)27(22(19)29)16-7-9-18(10-8-16)30-17-4-2-1-3-5-17/h1-13H,25H2,(H,26,28,31). The van der Waals surface area contributed by atoms with Crippen LogP contribution in [0.5, 0.6) is 11.5 Å². The van der Waals surface area contributed by atoms with Crippen LogP contribution in [0.3, 0.4) is 0 Å². The predicted octanol–water partition coefficient (Wildman–Crippen LogP) is 4.55. The third kappa shape index (κ3) is 4.42. The van der Waals surface area contributed by atoms with Gasteiger partial charge in [-0.3, -0.25) is 19.8 Å². The molecular formula is C23H16ClN3O3S. The monoisotopic (exact) mass is 449 g/mol. The number of nitrogens with two attached hydrogens (primary N) is 1. The molecule has 0 aliphatic carbocycles. The van der Waals surface area contributed by atoms with Gasteiger partial charge in [0.15, 0.2) is 5.11 Å². The van der Waals surface area contributed by atoms with E-state index in [1.54, 1.807) is 42.5 Å². The van der Waals surface area contributed by atoms with Gasteiger partial charge in [-0.05, 0) is 78.5 Å². The maximum atomic E-state index is 13.1. The van der Waals surface area contributed by atoms with Gasteiger partial charge in [0.1, 0.15) is 17.1 Å². The molecule has 3 N–H and O–H groups in total. The van der Waals surface area contributed by atoms with Gasteiger partial charge < -0.3 is 10.5 Å². The minimum atomic E-state index is -0.602. The first kappa shape index (κ1) is 20.6. The number of anilines is 2. The average Bonchev–Trinajstić information content (AvgIpc) is 2.75. The van der Waals surface area contributed by atoms with Gasteiger partial charge in [-0.2, -0.15) is 0 Å². The van der Waals surface area contributed by atoms with Crippen molar-refractivity contribution in [2.45, 2.75) is 0 Å². The Morgan fingerprint density at radius 3 is 2.35 bits per heavy atom. The van der Waals surface area contributed by atoms with E-state index in [9.17, 15) is 9.59 Å². The number of rotatable bonds is 4. The van der Waals surface area contributed by atoms with Gasteiger partial charge >= 0.3 is 0 Å². The Kier molecular flexibility index (Phi) is 5.70. The second-order valence-electron chi connectivity index (χ2n) is 6.64. The van der Waals surface area contributed by atoms with E-state index in [1.165, 1.54) is 11.0 Å². The summed E-state index contributed by atoms with van der Waals surface area (Å²) in [5, 5.41) is 2.97. The van der Waals surface area contributed by atoms with Gasteiger partial charge in [0, 0.05) is 10.7 Å². The van der Waals surface area contributed by atoms with Crippen LogP contribution in [0.1, 0.15) is 5.56 Å². The zero-order chi connectivity index (χ0) is 22.0. The zero-order valence-corrected chi connectivity index (χ0v) is 17.6. The third-order valence-electron chi connectivity index (χ3n) is 4.52. The molecule has 4 rings (SSSR count). The number of nitrogen functional groups attached to an aromatic ring is 1. The van der Waals surface area contributed by atoms with E-state index in [0.717, 1.165) is 0 Å². The first-order valence-electron chi connectivity index (χ1n) is 9.22. The molecule has 1 aliphatic heterocycles. The molecule has 0 saturated carbocycles. The van der Waals surface area contributed by atoms with Crippen LogP contribution < -0.4 is 20.7 Å². The Balaban J connectivity index is 1.62. The number of hydrogen-bond acceptors (Lipinski definition) is 5. The smallest absolute Gasteiger partial charge is 0.270 e. The summed E-state index contributed by atoms with van der Waals surface area (Å²) in [4.78, 5) is 26.8. The van der Waals surface area contributed by atoms with Crippen molar-refractivity contribution in [2.75, 3.05) is 10.6 Å². The quantitative estimate of drug-likeness (QED) is 0.264. The van der Waals surface area contributed by atoms with E-state index in [-0.39, 0.29) is 10.7 Å².